The number of piperidine rings is 1. The first-order valence-corrected chi connectivity index (χ1v) is 13.0. The molecule has 0 bridgehead atoms. The number of carbonyl (C=O) groups is 1. The summed E-state index contributed by atoms with van der Waals surface area (Å²) in [6.45, 7) is 5.52. The van der Waals surface area contributed by atoms with E-state index in [0.717, 1.165) is 32.0 Å². The Bertz CT molecular complexity index is 966. The van der Waals surface area contributed by atoms with Crippen LogP contribution in [0.3, 0.4) is 0 Å². The van der Waals surface area contributed by atoms with Gasteiger partial charge >= 0.3 is 0 Å². The summed E-state index contributed by atoms with van der Waals surface area (Å²) in [5.74, 6) is 2.10. The molecule has 0 radical (unpaired) electrons. The lowest BCUT2D eigenvalue weighted by atomic mass is 9.77. The van der Waals surface area contributed by atoms with Gasteiger partial charge in [-0.2, -0.15) is 0 Å². The SMILES string of the molecule is COc1cc(C(C)=O)ccc1OCCCN1CCC(=C(c2ccccc2)C2CCCCC2)CC1. The second kappa shape index (κ2) is 12.2. The van der Waals surface area contributed by atoms with Gasteiger partial charge in [-0.05, 0) is 74.3 Å². The molecule has 1 aliphatic heterocycles. The molecule has 0 atom stereocenters. The highest BCUT2D eigenvalue weighted by Crippen LogP contribution is 2.40. The number of rotatable bonds is 9. The predicted molar refractivity (Wildman–Crippen MR) is 139 cm³/mol. The molecule has 2 aromatic rings. The highest BCUT2D eigenvalue weighted by atomic mass is 16.5. The predicted octanol–water partition coefficient (Wildman–Crippen LogP) is 6.80. The minimum absolute atomic E-state index is 0.0299. The molecule has 1 heterocycles. The number of benzene rings is 2. The molecule has 0 unspecified atom stereocenters. The fourth-order valence-electron chi connectivity index (χ4n) is 5.53. The van der Waals surface area contributed by atoms with Crippen LogP contribution >= 0.6 is 0 Å². The molecule has 182 valence electrons. The number of hydrogen-bond acceptors (Lipinski definition) is 4. The molecule has 2 fully saturated rings. The van der Waals surface area contributed by atoms with Crippen molar-refractivity contribution in [2.45, 2.75) is 58.3 Å². The van der Waals surface area contributed by atoms with E-state index in [1.807, 2.05) is 6.07 Å². The zero-order valence-corrected chi connectivity index (χ0v) is 20.9. The van der Waals surface area contributed by atoms with Gasteiger partial charge < -0.3 is 14.4 Å². The van der Waals surface area contributed by atoms with Crippen LogP contribution in [0.4, 0.5) is 0 Å². The van der Waals surface area contributed by atoms with E-state index in [-0.39, 0.29) is 5.78 Å². The van der Waals surface area contributed by atoms with Gasteiger partial charge in [0.05, 0.1) is 13.7 Å². The summed E-state index contributed by atoms with van der Waals surface area (Å²) in [5.41, 5.74) is 5.46. The number of allylic oxidation sites excluding steroid dienone is 1. The molecule has 1 aliphatic carbocycles. The van der Waals surface area contributed by atoms with E-state index < -0.39 is 0 Å². The standard InChI is InChI=1S/C30H39NO3/c1-23(32)27-14-15-28(29(22-27)33-2)34-21-9-18-31-19-16-26(17-20-31)30(24-10-5-3-6-11-24)25-12-7-4-8-13-25/h3,5-6,10-11,14-15,22,25H,4,7-9,12-13,16-21H2,1-2H3. The summed E-state index contributed by atoms with van der Waals surface area (Å²) in [7, 11) is 1.61. The van der Waals surface area contributed by atoms with Crippen LogP contribution in [0.2, 0.25) is 0 Å². The van der Waals surface area contributed by atoms with Crippen LogP contribution in [0.25, 0.3) is 5.57 Å². The van der Waals surface area contributed by atoms with Crippen molar-refractivity contribution in [1.82, 2.24) is 4.90 Å². The van der Waals surface area contributed by atoms with Gasteiger partial charge in [0.1, 0.15) is 0 Å². The van der Waals surface area contributed by atoms with Gasteiger partial charge in [0.25, 0.3) is 0 Å². The van der Waals surface area contributed by atoms with Gasteiger partial charge in [-0.25, -0.2) is 0 Å². The van der Waals surface area contributed by atoms with Crippen LogP contribution in [0.5, 0.6) is 11.5 Å². The van der Waals surface area contributed by atoms with E-state index in [9.17, 15) is 4.79 Å². The van der Waals surface area contributed by atoms with Gasteiger partial charge in [-0.15, -0.1) is 0 Å². The lowest BCUT2D eigenvalue weighted by Gasteiger charge is -2.33. The maximum atomic E-state index is 11.6. The van der Waals surface area contributed by atoms with E-state index in [1.54, 1.807) is 37.3 Å². The van der Waals surface area contributed by atoms with E-state index in [4.69, 9.17) is 9.47 Å². The molecule has 4 nitrogen and oxygen atoms in total. The third-order valence-electron chi connectivity index (χ3n) is 7.39. The third kappa shape index (κ3) is 6.29. The fourth-order valence-corrected chi connectivity index (χ4v) is 5.53. The molecule has 4 heteroatoms. The maximum absolute atomic E-state index is 11.6. The Morgan fingerprint density at radius 2 is 1.68 bits per heavy atom. The lowest BCUT2D eigenvalue weighted by Crippen LogP contribution is -2.33. The van der Waals surface area contributed by atoms with Gasteiger partial charge in [0.15, 0.2) is 17.3 Å². The molecule has 2 aromatic carbocycles. The van der Waals surface area contributed by atoms with Crippen molar-refractivity contribution in [3.63, 3.8) is 0 Å². The van der Waals surface area contributed by atoms with Crippen LogP contribution in [-0.4, -0.2) is 44.0 Å². The maximum Gasteiger partial charge on any atom is 0.161 e. The minimum atomic E-state index is 0.0299. The lowest BCUT2D eigenvalue weighted by molar-refractivity contribution is 0.101. The summed E-state index contributed by atoms with van der Waals surface area (Å²) in [6.07, 6.45) is 10.2. The van der Waals surface area contributed by atoms with E-state index in [0.29, 0.717) is 23.7 Å². The number of nitrogens with zero attached hydrogens (tertiary/aromatic N) is 1. The second-order valence-corrected chi connectivity index (χ2v) is 9.68. The van der Waals surface area contributed by atoms with Gasteiger partial charge in [-0.1, -0.05) is 55.2 Å². The Morgan fingerprint density at radius 3 is 2.35 bits per heavy atom. The molecule has 0 spiro atoms. The average molecular weight is 462 g/mol. The Balaban J connectivity index is 1.30. The van der Waals surface area contributed by atoms with Crippen LogP contribution in [0.15, 0.2) is 54.1 Å². The number of Topliss-reactive ketones (excluding diaryl/α,β-unsaturated/α-hetero) is 1. The molecule has 0 aromatic heterocycles. The molecule has 0 amide bonds. The first-order valence-electron chi connectivity index (χ1n) is 13.0. The van der Waals surface area contributed by atoms with Gasteiger partial charge in [0.2, 0.25) is 0 Å². The number of ketones is 1. The monoisotopic (exact) mass is 461 g/mol. The van der Waals surface area contributed by atoms with Crippen molar-refractivity contribution in [1.29, 1.82) is 0 Å². The molecule has 2 aliphatic rings. The summed E-state index contributed by atoms with van der Waals surface area (Å²) < 4.78 is 11.4. The molecule has 4 rings (SSSR count). The van der Waals surface area contributed by atoms with Crippen molar-refractivity contribution in [3.8, 4) is 11.5 Å². The quantitative estimate of drug-likeness (QED) is 0.304. The summed E-state index contributed by atoms with van der Waals surface area (Å²) >= 11 is 0. The number of hydrogen-bond donors (Lipinski definition) is 0. The second-order valence-electron chi connectivity index (χ2n) is 9.68. The Morgan fingerprint density at radius 1 is 0.941 bits per heavy atom. The van der Waals surface area contributed by atoms with Gasteiger partial charge in [0, 0.05) is 25.2 Å². The van der Waals surface area contributed by atoms with Crippen LogP contribution < -0.4 is 9.47 Å². The third-order valence-corrected chi connectivity index (χ3v) is 7.39. The largest absolute Gasteiger partial charge is 0.493 e. The van der Waals surface area contributed by atoms with Crippen LogP contribution in [0, 0.1) is 5.92 Å². The normalized spacial score (nSPS) is 17.4. The minimum Gasteiger partial charge on any atom is -0.493 e. The Labute approximate surface area is 205 Å². The molecule has 1 saturated carbocycles. The smallest absolute Gasteiger partial charge is 0.161 e. The average Bonchev–Trinajstić information content (AvgIpc) is 2.89. The Kier molecular flexibility index (Phi) is 8.81. The van der Waals surface area contributed by atoms with Crippen molar-refractivity contribution in [2.24, 2.45) is 5.92 Å². The van der Waals surface area contributed by atoms with Crippen molar-refractivity contribution in [2.75, 3.05) is 33.4 Å². The number of ether oxygens (including phenoxy) is 2. The first-order chi connectivity index (χ1) is 16.7. The van der Waals surface area contributed by atoms with Crippen LogP contribution in [0.1, 0.15) is 74.2 Å². The first kappa shape index (κ1) is 24.5. The van der Waals surface area contributed by atoms with Crippen molar-refractivity contribution >= 4 is 11.4 Å². The number of carbonyl (C=O) groups excluding carboxylic acids is 1. The fraction of sp³-hybridized carbons (Fsp3) is 0.500. The van der Waals surface area contributed by atoms with Crippen molar-refractivity contribution in [3.05, 3.63) is 65.2 Å². The molecule has 0 N–H and O–H groups in total. The van der Waals surface area contributed by atoms with E-state index in [1.165, 1.54) is 50.5 Å². The highest BCUT2D eigenvalue weighted by molar-refractivity contribution is 5.94. The van der Waals surface area contributed by atoms with E-state index >= 15 is 0 Å². The molecule has 34 heavy (non-hydrogen) atoms. The zero-order chi connectivity index (χ0) is 23.8. The summed E-state index contributed by atoms with van der Waals surface area (Å²) in [5, 5.41) is 0. The molecular formula is C30H39NO3. The molecule has 1 saturated heterocycles. The number of likely N-dealkylation sites (tertiary alicyclic amines) is 1. The van der Waals surface area contributed by atoms with Crippen molar-refractivity contribution < 1.29 is 14.3 Å². The highest BCUT2D eigenvalue weighted by Gasteiger charge is 2.24. The van der Waals surface area contributed by atoms with Crippen LogP contribution in [-0.2, 0) is 0 Å². The zero-order valence-electron chi connectivity index (χ0n) is 20.9. The van der Waals surface area contributed by atoms with Gasteiger partial charge in [-0.3, -0.25) is 4.79 Å². The summed E-state index contributed by atoms with van der Waals surface area (Å²) in [6, 6.07) is 16.5. The summed E-state index contributed by atoms with van der Waals surface area (Å²) in [4.78, 5) is 14.2. The number of methoxy groups -OCH3 is 1. The molecular weight excluding hydrogens is 422 g/mol. The van der Waals surface area contributed by atoms with E-state index in [2.05, 4.69) is 35.2 Å². The Hall–Kier alpha value is -2.59. The topological polar surface area (TPSA) is 38.8 Å².